The molecule has 3 heterocycles. The molecular formula is C32H39N5O7S. The summed E-state index contributed by atoms with van der Waals surface area (Å²) in [6.45, 7) is 4.19. The average Bonchev–Trinajstić information content (AvgIpc) is 3.51. The first-order valence-corrected chi connectivity index (χ1v) is 16.0. The fourth-order valence-corrected chi connectivity index (χ4v) is 6.01. The Kier molecular flexibility index (Phi) is 11.2. The number of thiazole rings is 1. The zero-order chi connectivity index (χ0) is 31.6. The maximum atomic E-state index is 13.3. The molecule has 0 unspecified atom stereocenters. The minimum Gasteiger partial charge on any atom is -0.491 e. The summed E-state index contributed by atoms with van der Waals surface area (Å²) in [6, 6.07) is 11.7. The van der Waals surface area contributed by atoms with Crippen LogP contribution in [0.3, 0.4) is 0 Å². The van der Waals surface area contributed by atoms with Crippen LogP contribution in [0.5, 0.6) is 17.2 Å². The second-order valence-electron chi connectivity index (χ2n) is 10.8. The number of hydrogen-bond donors (Lipinski definition) is 3. The van der Waals surface area contributed by atoms with Crippen molar-refractivity contribution in [2.75, 3.05) is 46.5 Å². The highest BCUT2D eigenvalue weighted by Gasteiger charge is 2.34. The number of aryl methyl sites for hydroxylation is 1. The highest BCUT2D eigenvalue weighted by Crippen LogP contribution is 2.29. The Morgan fingerprint density at radius 1 is 1.11 bits per heavy atom. The number of carbonyl (C=O) groups excluding carboxylic acids is 3. The molecule has 5 rings (SSSR count). The summed E-state index contributed by atoms with van der Waals surface area (Å²) in [5, 5.41) is 11.4. The van der Waals surface area contributed by atoms with Crippen molar-refractivity contribution >= 4 is 29.2 Å². The van der Waals surface area contributed by atoms with Crippen molar-refractivity contribution in [3.8, 4) is 17.2 Å². The van der Waals surface area contributed by atoms with Gasteiger partial charge in [0.1, 0.15) is 29.5 Å². The lowest BCUT2D eigenvalue weighted by molar-refractivity contribution is -0.0236. The predicted octanol–water partition coefficient (Wildman–Crippen LogP) is 3.76. The number of hydrogen-bond acceptors (Lipinski definition) is 9. The van der Waals surface area contributed by atoms with E-state index in [0.717, 1.165) is 23.4 Å². The van der Waals surface area contributed by atoms with Crippen molar-refractivity contribution in [2.45, 2.75) is 44.9 Å². The number of carbonyl (C=O) groups is 3. The highest BCUT2D eigenvalue weighted by atomic mass is 32.1. The molecule has 13 heteroatoms. The van der Waals surface area contributed by atoms with Crippen LogP contribution in [0, 0.1) is 0 Å². The Balaban J connectivity index is 1.35. The van der Waals surface area contributed by atoms with Crippen molar-refractivity contribution in [2.24, 2.45) is 0 Å². The lowest BCUT2D eigenvalue weighted by atomic mass is 10.0. The molecule has 2 aromatic carbocycles. The lowest BCUT2D eigenvalue weighted by Gasteiger charge is -2.38. The first kappa shape index (κ1) is 32.2. The number of nitrogens with zero attached hydrogens (tertiary/aromatic N) is 2. The molecule has 3 N–H and O–H groups in total. The van der Waals surface area contributed by atoms with Gasteiger partial charge >= 0.3 is 6.03 Å². The predicted molar refractivity (Wildman–Crippen MR) is 168 cm³/mol. The molecule has 1 fully saturated rings. The number of urea groups is 1. The van der Waals surface area contributed by atoms with Gasteiger partial charge in [0.15, 0.2) is 0 Å². The molecule has 45 heavy (non-hydrogen) atoms. The van der Waals surface area contributed by atoms with Crippen LogP contribution in [0.2, 0.25) is 0 Å². The molecule has 4 bridgehead atoms. The molecule has 0 spiro atoms. The average molecular weight is 638 g/mol. The number of benzene rings is 2. The van der Waals surface area contributed by atoms with Gasteiger partial charge in [-0.15, -0.1) is 11.3 Å². The Labute approximate surface area is 266 Å². The van der Waals surface area contributed by atoms with Gasteiger partial charge in [0, 0.05) is 50.3 Å². The Morgan fingerprint density at radius 3 is 2.82 bits per heavy atom. The van der Waals surface area contributed by atoms with Crippen LogP contribution in [0.1, 0.15) is 51.2 Å². The van der Waals surface area contributed by atoms with E-state index in [0.29, 0.717) is 61.2 Å². The molecule has 1 saturated heterocycles. The summed E-state index contributed by atoms with van der Waals surface area (Å²) in [5.74, 6) is 0.971. The maximum absolute atomic E-state index is 13.3. The van der Waals surface area contributed by atoms with E-state index < -0.39 is 6.10 Å². The van der Waals surface area contributed by atoms with Crippen molar-refractivity contribution in [3.05, 3.63) is 69.7 Å². The van der Waals surface area contributed by atoms with E-state index in [2.05, 4.69) is 27.9 Å². The van der Waals surface area contributed by atoms with Crippen LogP contribution in [-0.4, -0.2) is 86.4 Å². The fourth-order valence-electron chi connectivity index (χ4n) is 5.13. The van der Waals surface area contributed by atoms with Crippen molar-refractivity contribution < 1.29 is 33.3 Å². The first-order chi connectivity index (χ1) is 21.9. The van der Waals surface area contributed by atoms with E-state index in [-0.39, 0.29) is 43.6 Å². The molecule has 0 saturated carbocycles. The van der Waals surface area contributed by atoms with Crippen LogP contribution in [0.4, 0.5) is 4.79 Å². The number of nitrogens with one attached hydrogen (secondary N) is 3. The number of amides is 4. The summed E-state index contributed by atoms with van der Waals surface area (Å²) in [5.41, 5.74) is 1.64. The van der Waals surface area contributed by atoms with Gasteiger partial charge in [-0.3, -0.25) is 9.59 Å². The van der Waals surface area contributed by atoms with E-state index in [1.807, 2.05) is 29.6 Å². The summed E-state index contributed by atoms with van der Waals surface area (Å²) >= 11 is 1.50. The van der Waals surface area contributed by atoms with Crippen LogP contribution in [0.15, 0.2) is 47.8 Å². The summed E-state index contributed by atoms with van der Waals surface area (Å²) < 4.78 is 23.4. The Morgan fingerprint density at radius 2 is 1.98 bits per heavy atom. The van der Waals surface area contributed by atoms with E-state index in [9.17, 15) is 14.4 Å². The zero-order valence-corrected chi connectivity index (χ0v) is 26.3. The second kappa shape index (κ2) is 15.7. The Bertz CT molecular complexity index is 1480. The normalized spacial score (nSPS) is 19.1. The molecule has 240 valence electrons. The van der Waals surface area contributed by atoms with Crippen LogP contribution < -0.4 is 25.4 Å². The number of rotatable bonds is 7. The van der Waals surface area contributed by atoms with Crippen molar-refractivity contribution in [1.82, 2.24) is 25.8 Å². The molecule has 0 radical (unpaired) electrons. The van der Waals surface area contributed by atoms with Gasteiger partial charge in [-0.05, 0) is 49.1 Å². The fraction of sp³-hybridized carbons (Fsp3) is 0.438. The number of aromatic nitrogens is 1. The second-order valence-corrected chi connectivity index (χ2v) is 11.8. The Hall–Kier alpha value is -4.20. The SMILES string of the molecule is CCCc1nc(C(=O)N2CC[C@@H]3NC(=O)NCCNC(=O)c4cc(OCCOC)cc(c4)Oc4cccc(c4)CO[C@H]3C2)cs1. The smallest absolute Gasteiger partial charge is 0.315 e. The van der Waals surface area contributed by atoms with Crippen LogP contribution in [-0.2, 0) is 22.5 Å². The number of ether oxygens (including phenoxy) is 4. The molecule has 2 aliphatic heterocycles. The van der Waals surface area contributed by atoms with Gasteiger partial charge in [0.2, 0.25) is 0 Å². The summed E-state index contributed by atoms with van der Waals surface area (Å²) in [4.78, 5) is 45.4. The van der Waals surface area contributed by atoms with Gasteiger partial charge < -0.3 is 39.8 Å². The largest absolute Gasteiger partial charge is 0.491 e. The first-order valence-electron chi connectivity index (χ1n) is 15.1. The molecule has 3 aromatic rings. The third kappa shape index (κ3) is 8.93. The molecule has 2 aliphatic rings. The van der Waals surface area contributed by atoms with Gasteiger partial charge in [-0.25, -0.2) is 9.78 Å². The molecule has 0 aliphatic carbocycles. The lowest BCUT2D eigenvalue weighted by Crippen LogP contribution is -2.58. The number of likely N-dealkylation sites (tertiary alicyclic amines) is 1. The standard InChI is InChI=1S/C32H39N5O7S/c1-3-5-29-35-27(20-45-29)31(39)37-11-8-26-28(18-37)43-19-21-6-4-7-23(14-21)44-25-16-22(15-24(17-25)42-13-12-41-2)30(38)33-9-10-34-32(40)36-26/h4,6-7,14-17,20,26,28H,3,5,8-13,18-19H2,1-2H3,(H,33,38)(H2,34,36,40)/t26-,28-/m0/s1. The number of piperidine rings is 1. The zero-order valence-electron chi connectivity index (χ0n) is 25.5. The van der Waals surface area contributed by atoms with E-state index in [1.165, 1.54) is 11.3 Å². The summed E-state index contributed by atoms with van der Waals surface area (Å²) in [6.07, 6.45) is 1.85. The molecule has 4 amide bonds. The van der Waals surface area contributed by atoms with Gasteiger partial charge in [-0.1, -0.05) is 19.1 Å². The minimum absolute atomic E-state index is 0.140. The van der Waals surface area contributed by atoms with E-state index in [1.54, 1.807) is 30.2 Å². The number of fused-ring (bicyclic) bond motifs is 5. The molecule has 12 nitrogen and oxygen atoms in total. The van der Waals surface area contributed by atoms with Crippen LogP contribution in [0.25, 0.3) is 0 Å². The van der Waals surface area contributed by atoms with E-state index >= 15 is 0 Å². The molecular weight excluding hydrogens is 598 g/mol. The summed E-state index contributed by atoms with van der Waals surface area (Å²) in [7, 11) is 1.58. The molecule has 2 atom stereocenters. The van der Waals surface area contributed by atoms with Gasteiger partial charge in [0.25, 0.3) is 11.8 Å². The van der Waals surface area contributed by atoms with Gasteiger partial charge in [-0.2, -0.15) is 0 Å². The number of methoxy groups -OCH3 is 1. The van der Waals surface area contributed by atoms with Gasteiger partial charge in [0.05, 0.1) is 30.4 Å². The monoisotopic (exact) mass is 637 g/mol. The minimum atomic E-state index is -0.464. The highest BCUT2D eigenvalue weighted by molar-refractivity contribution is 7.09. The third-order valence-electron chi connectivity index (χ3n) is 7.39. The third-order valence-corrected chi connectivity index (χ3v) is 8.30. The molecule has 1 aromatic heterocycles. The van der Waals surface area contributed by atoms with E-state index in [4.69, 9.17) is 18.9 Å². The van der Waals surface area contributed by atoms with Crippen molar-refractivity contribution in [3.63, 3.8) is 0 Å². The van der Waals surface area contributed by atoms with Crippen molar-refractivity contribution in [1.29, 1.82) is 0 Å². The quantitative estimate of drug-likeness (QED) is 0.333. The topological polar surface area (TPSA) is 140 Å². The van der Waals surface area contributed by atoms with Crippen LogP contribution >= 0.6 is 11.3 Å². The maximum Gasteiger partial charge on any atom is 0.315 e.